The first-order valence-electron chi connectivity index (χ1n) is 41.4. The van der Waals surface area contributed by atoms with E-state index in [1.54, 1.807) is 133 Å². The number of alkyl carbamates (subject to hydrolysis) is 2. The van der Waals surface area contributed by atoms with E-state index in [0.29, 0.717) is 16.7 Å². The van der Waals surface area contributed by atoms with Crippen LogP contribution in [0.25, 0.3) is 0 Å². The summed E-state index contributed by atoms with van der Waals surface area (Å²) in [4.78, 5) is 228. The third kappa shape index (κ3) is 38.9. The van der Waals surface area contributed by atoms with Crippen molar-refractivity contribution in [3.8, 4) is 0 Å². The van der Waals surface area contributed by atoms with E-state index < -0.39 is 235 Å². The van der Waals surface area contributed by atoms with Crippen LogP contribution in [0.4, 0.5) is 27.6 Å². The number of rotatable bonds is 32. The number of nitrogens with two attached hydrogens (primary N) is 2. The summed E-state index contributed by atoms with van der Waals surface area (Å²) in [6.07, 6.45) is -18.0. The van der Waals surface area contributed by atoms with E-state index in [2.05, 4.69) is 68.8 Å². The summed E-state index contributed by atoms with van der Waals surface area (Å²) < 4.78 is 54.0. The molecular weight excluding hydrogens is 1720 g/mol. The molecule has 4 aromatic carbocycles. The van der Waals surface area contributed by atoms with Gasteiger partial charge >= 0.3 is 36.4 Å². The lowest BCUT2D eigenvalue weighted by molar-refractivity contribution is -0.192. The molecule has 43 nitrogen and oxygen atoms in total. The Hall–Kier alpha value is -13.6. The number of cyclic esters (lactones) is 1. The van der Waals surface area contributed by atoms with Crippen LogP contribution in [0.2, 0.25) is 0 Å². The highest BCUT2D eigenvalue weighted by Gasteiger charge is 2.45. The molecule has 24 N–H and O–H groups in total. The lowest BCUT2D eigenvalue weighted by atomic mass is 9.95. The largest absolute Gasteiger partial charge is 0.490 e. The van der Waals surface area contributed by atoms with Gasteiger partial charge in [-0.15, -0.1) is 4.99 Å². The first-order chi connectivity index (χ1) is 61.3. The summed E-state index contributed by atoms with van der Waals surface area (Å²) in [5.74, 6) is -22.2. The Kier molecular flexibility index (Phi) is 46.1. The van der Waals surface area contributed by atoms with Crippen LogP contribution in [0.3, 0.4) is 0 Å². The van der Waals surface area contributed by atoms with Crippen LogP contribution in [-0.4, -0.2) is 244 Å². The quantitative estimate of drug-likeness (QED) is 0.00947. The molecule has 46 heteroatoms. The minimum atomic E-state index is -5.08. The van der Waals surface area contributed by atoms with Crippen molar-refractivity contribution in [3.63, 3.8) is 0 Å². The zero-order chi connectivity index (χ0) is 97.1. The number of aliphatic hydroxyl groups excluding tert-OH is 4. The number of carboxylic acid groups (broad SMARTS) is 1. The number of carbonyl (C=O) groups excluding carboxylic acids is 15. The third-order valence-electron chi connectivity index (χ3n) is 19.3. The number of nitrogens with one attached hydrogen (secondary N) is 15. The van der Waals surface area contributed by atoms with E-state index in [1.807, 2.05) is 10.6 Å². The molecule has 0 aromatic heterocycles. The van der Waals surface area contributed by atoms with Crippen LogP contribution >= 0.6 is 0 Å². The van der Waals surface area contributed by atoms with Crippen LogP contribution in [0, 0.1) is 29.1 Å². The number of hydrogen-bond donors (Lipinski definition) is 22. The van der Waals surface area contributed by atoms with Gasteiger partial charge in [0, 0.05) is 13.1 Å². The molecule has 5 rings (SSSR count). The smallest absolute Gasteiger partial charge is 0.475 e. The molecule has 0 radical (unpaired) electrons. The Morgan fingerprint density at radius 2 is 1.06 bits per heavy atom. The van der Waals surface area contributed by atoms with E-state index in [4.69, 9.17) is 45.7 Å². The Morgan fingerprint density at radius 3 is 1.57 bits per heavy atom. The molecule has 1 fully saturated rings. The predicted octanol–water partition coefficient (Wildman–Crippen LogP) is -0.681. The number of aliphatic carboxylic acids is 1. The van der Waals surface area contributed by atoms with Crippen LogP contribution in [0.5, 0.6) is 0 Å². The number of esters is 1. The number of amides is 14. The first-order valence-corrected chi connectivity index (χ1v) is 41.4. The van der Waals surface area contributed by atoms with Gasteiger partial charge in [0.25, 0.3) is 0 Å². The number of halogens is 3. The zero-order valence-electron chi connectivity index (χ0n) is 73.0. The van der Waals surface area contributed by atoms with E-state index in [9.17, 15) is 86.3 Å². The molecule has 14 amide bonds. The fraction of sp³-hybridized carbons (Fsp3) is 0.500. The highest BCUT2D eigenvalue weighted by Crippen LogP contribution is 2.26. The molecule has 15 atom stereocenters. The molecule has 714 valence electrons. The molecule has 0 spiro atoms. The van der Waals surface area contributed by atoms with Gasteiger partial charge in [-0.05, 0) is 91.4 Å². The molecular formula is C84H117F3N18O25. The molecule has 2 unspecified atom stereocenters. The van der Waals surface area contributed by atoms with Gasteiger partial charge < -0.3 is 125 Å². The summed E-state index contributed by atoms with van der Waals surface area (Å²) in [5, 5.41) is 94.0. The minimum Gasteiger partial charge on any atom is -0.475 e. The highest BCUT2D eigenvalue weighted by molar-refractivity contribution is 6.01. The van der Waals surface area contributed by atoms with Gasteiger partial charge in [0.1, 0.15) is 74.2 Å². The minimum absolute atomic E-state index is 0.0109. The molecule has 1 heterocycles. The van der Waals surface area contributed by atoms with Gasteiger partial charge in [0.05, 0.1) is 25.4 Å². The van der Waals surface area contributed by atoms with E-state index >= 15 is 19.2 Å². The topological polar surface area (TPSA) is 668 Å². The van der Waals surface area contributed by atoms with Crippen molar-refractivity contribution in [2.24, 2.45) is 40.1 Å². The summed E-state index contributed by atoms with van der Waals surface area (Å²) >= 11 is 0. The average molecular weight is 1840 g/mol. The molecule has 0 aliphatic carbocycles. The van der Waals surface area contributed by atoms with Gasteiger partial charge in [-0.3, -0.25) is 63.5 Å². The van der Waals surface area contributed by atoms with Gasteiger partial charge in [-0.2, -0.15) is 13.2 Å². The van der Waals surface area contributed by atoms with Gasteiger partial charge in [0.15, 0.2) is 24.2 Å². The second kappa shape index (κ2) is 55.2. The number of aliphatic imine (C=N–C) groups is 1. The van der Waals surface area contributed by atoms with Gasteiger partial charge in [-0.1, -0.05) is 183 Å². The summed E-state index contributed by atoms with van der Waals surface area (Å²) in [7, 11) is 0. The molecule has 4 aromatic rings. The molecule has 130 heavy (non-hydrogen) atoms. The number of hydrogen-bond acceptors (Lipinski definition) is 25. The van der Waals surface area contributed by atoms with Crippen LogP contribution < -0.4 is 85.9 Å². The Balaban J connectivity index is 0.00000484. The number of guanidine groups is 2. The molecule has 1 aliphatic rings. The molecule has 1 saturated heterocycles. The summed E-state index contributed by atoms with van der Waals surface area (Å²) in [6.45, 7) is 10.3. The van der Waals surface area contributed by atoms with Crippen molar-refractivity contribution in [1.82, 2.24) is 74.4 Å². The SMILES string of the molecule is CC[C@H](C)C1NC(=O)[C@@H](CCCNC(=N)N)NC(=O)[C@H](CC(C)C)NC(=O)[C@H]([C@H](O)C(C)C)NC(=O)[C@@H](NC(=O)[C@H](CC(C)C)NC(=O)[C@@H](CCCNC(=NC(=O)OCc2ccccc2)NC(=O)OCc2ccccc2)NC(=O)OCc2ccccc2)[C@@H](c2ccccc2)OC(=O)[C@H](CO)NC(=O)[C@H]([C@H](O)C(N)=O)NC(=O)CNC(=O)C([C@H](C)O)NC1=O.O=C(O)C(F)(F)F. The second-order valence-electron chi connectivity index (χ2n) is 31.2. The number of benzene rings is 4. The second-order valence-corrected chi connectivity index (χ2v) is 31.2. The van der Waals surface area contributed by atoms with Crippen LogP contribution in [0.1, 0.15) is 136 Å². The van der Waals surface area contributed by atoms with E-state index in [1.165, 1.54) is 44.2 Å². The maximum atomic E-state index is 15.9. The Bertz CT molecular complexity index is 4470. The van der Waals surface area contributed by atoms with E-state index in [0.717, 1.165) is 6.92 Å². The van der Waals surface area contributed by atoms with E-state index in [-0.39, 0.29) is 83.4 Å². The van der Waals surface area contributed by atoms with Crippen molar-refractivity contribution in [3.05, 3.63) is 144 Å². The summed E-state index contributed by atoms with van der Waals surface area (Å²) in [6, 6.07) is 12.9. The molecule has 0 saturated carbocycles. The fourth-order valence-corrected chi connectivity index (χ4v) is 12.2. The van der Waals surface area contributed by atoms with Gasteiger partial charge in [-0.25, -0.2) is 24.0 Å². The van der Waals surface area contributed by atoms with Crippen LogP contribution in [0.15, 0.2) is 126 Å². The predicted molar refractivity (Wildman–Crippen MR) is 456 cm³/mol. The maximum absolute atomic E-state index is 15.9. The lowest BCUT2D eigenvalue weighted by Crippen LogP contribution is -2.64. The van der Waals surface area contributed by atoms with Crippen LogP contribution in [-0.2, 0) is 101 Å². The maximum Gasteiger partial charge on any atom is 0.490 e. The monoisotopic (exact) mass is 1830 g/mol. The standard InChI is InChI=1S/C82H116N18O23.C2HF3O2/c1-10-47(8)59-73(112)96-60(48(9)102)72(111)88-39-58(103)94-62(65(105)67(83)106)75(114)92-57(40-101)77(116)123-66(52-31-21-14-22-32-52)63(76(115)97-61(64(104)46(6)7)74(113)91-55(37-44(2)3)70(109)89-53(69(108)95-59)33-23-35-86-78(84)85)98-71(110)56(38-45(4)5)90-68(107)54(93-80(117)120-41-49-25-15-11-16-26-49)34-24-36-87-79(99-81(118)121-42-50-27-17-12-18-28-50)100-82(119)122-43-51-29-19-13-20-30-51;3-2(4,5)1(6)7/h11-22,25-32,44-48,53-57,59-66,101-102,104-105H,10,23-24,33-43H2,1-9H3,(H2,83,106)(H,88,111)(H,89,109)(H,90,107)(H,91,113)(H,92,114)(H,93,117)(H,94,103)(H,95,108)(H,96,112)(H,97,115)(H,98,110)(H4,84,85,86)(H2,87,99,100,118,119);(H,6,7)/t47-,48-,53+,54+,55-,56-,57-,59?,60?,61-,62-,63-,64+,65-,66+;/m0./s1. The zero-order valence-corrected chi connectivity index (χ0v) is 73.0. The number of nitrogens with zero attached hydrogens (tertiary/aromatic N) is 1. The van der Waals surface area contributed by atoms with Gasteiger partial charge in [0.2, 0.25) is 70.9 Å². The van der Waals surface area contributed by atoms with Crippen molar-refractivity contribution < 1.29 is 134 Å². The number of primary amides is 1. The summed E-state index contributed by atoms with van der Waals surface area (Å²) in [5.41, 5.74) is 12.6. The Morgan fingerprint density at radius 1 is 0.569 bits per heavy atom. The van der Waals surface area contributed by atoms with Crippen molar-refractivity contribution in [2.45, 2.75) is 218 Å². The normalized spacial score (nSPS) is 20.5. The average Bonchev–Trinajstić information content (AvgIpc) is 0.818. The van der Waals surface area contributed by atoms with Crippen molar-refractivity contribution >= 4 is 107 Å². The number of alkyl halides is 3. The molecule has 1 aliphatic heterocycles. The molecule has 0 bridgehead atoms. The number of carbonyl (C=O) groups is 16. The van der Waals surface area contributed by atoms with Crippen molar-refractivity contribution in [1.29, 1.82) is 5.41 Å². The number of aliphatic hydroxyl groups is 4. The number of carboxylic acids is 1. The Labute approximate surface area is 746 Å². The van der Waals surface area contributed by atoms with Crippen molar-refractivity contribution in [2.75, 3.05) is 26.2 Å². The lowest BCUT2D eigenvalue weighted by Gasteiger charge is -2.34. The third-order valence-corrected chi connectivity index (χ3v) is 19.3. The highest BCUT2D eigenvalue weighted by atomic mass is 19.4. The first kappa shape index (κ1) is 109. The fourth-order valence-electron chi connectivity index (χ4n) is 12.2. The number of ether oxygens (including phenoxy) is 4.